The van der Waals surface area contributed by atoms with E-state index in [-0.39, 0.29) is 24.2 Å². The van der Waals surface area contributed by atoms with Gasteiger partial charge in [-0.3, -0.25) is 4.79 Å². The molecule has 0 aromatic carbocycles. The Hall–Kier alpha value is -2.71. The average Bonchev–Trinajstić information content (AvgIpc) is 2.94. The third-order valence-electron chi connectivity index (χ3n) is 2.53. The summed E-state index contributed by atoms with van der Waals surface area (Å²) in [5, 5.41) is 13.5. The molecule has 21 heavy (non-hydrogen) atoms. The van der Waals surface area contributed by atoms with E-state index in [4.69, 9.17) is 0 Å². The molecule has 0 atom stereocenters. The number of rotatable bonds is 5. The van der Waals surface area contributed by atoms with E-state index in [2.05, 4.69) is 25.8 Å². The molecule has 0 fully saturated rings. The topological polar surface area (TPSA) is 107 Å². The molecule has 0 radical (unpaired) electrons. The van der Waals surface area contributed by atoms with Crippen LogP contribution in [-0.4, -0.2) is 43.2 Å². The molecule has 9 nitrogen and oxygen atoms in total. The monoisotopic (exact) mass is 291 g/mol. The molecule has 112 valence electrons. The van der Waals surface area contributed by atoms with Crippen LogP contribution in [0.1, 0.15) is 13.8 Å². The van der Waals surface area contributed by atoms with Gasteiger partial charge in [-0.2, -0.15) is 5.10 Å². The van der Waals surface area contributed by atoms with Crippen molar-refractivity contribution in [2.45, 2.75) is 26.4 Å². The molecule has 2 rings (SSSR count). The van der Waals surface area contributed by atoms with Crippen LogP contribution >= 0.6 is 0 Å². The number of urea groups is 1. The van der Waals surface area contributed by atoms with Crippen molar-refractivity contribution < 1.29 is 4.79 Å². The van der Waals surface area contributed by atoms with Crippen molar-refractivity contribution in [3.05, 3.63) is 35.1 Å². The van der Waals surface area contributed by atoms with Crippen molar-refractivity contribution in [1.82, 2.24) is 35.2 Å². The molecule has 0 saturated heterocycles. The van der Waals surface area contributed by atoms with Crippen molar-refractivity contribution in [2.24, 2.45) is 0 Å². The number of aromatic nitrogens is 5. The fourth-order valence-corrected chi connectivity index (χ4v) is 1.64. The quantitative estimate of drug-likeness (QED) is 0.774. The van der Waals surface area contributed by atoms with Crippen LogP contribution in [0.5, 0.6) is 0 Å². The molecule has 9 heteroatoms. The van der Waals surface area contributed by atoms with Gasteiger partial charge in [0.15, 0.2) is 5.82 Å². The van der Waals surface area contributed by atoms with Gasteiger partial charge in [-0.15, -0.1) is 5.10 Å². The standard InChI is InChI=1S/C12H17N7O2/c1-9(2)16-12(21)14-5-6-18-11(20)4-3-10(17-18)19-8-13-7-15-19/h3-4,7-9H,5-6H2,1-2H3,(H2,14,16,21). The maximum atomic E-state index is 11.7. The van der Waals surface area contributed by atoms with E-state index in [0.29, 0.717) is 12.4 Å². The molecule has 2 N–H and O–H groups in total. The van der Waals surface area contributed by atoms with Gasteiger partial charge in [-0.05, 0) is 19.9 Å². The summed E-state index contributed by atoms with van der Waals surface area (Å²) >= 11 is 0. The number of carbonyl (C=O) groups excluding carboxylic acids is 1. The van der Waals surface area contributed by atoms with E-state index in [1.54, 1.807) is 6.07 Å². The van der Waals surface area contributed by atoms with Crippen LogP contribution < -0.4 is 16.2 Å². The zero-order chi connectivity index (χ0) is 15.2. The molecule has 2 aromatic heterocycles. The maximum absolute atomic E-state index is 11.7. The van der Waals surface area contributed by atoms with E-state index < -0.39 is 0 Å². The highest BCUT2D eigenvalue weighted by atomic mass is 16.2. The number of carbonyl (C=O) groups is 1. The predicted octanol–water partition coefficient (Wildman–Crippen LogP) is -0.468. The van der Waals surface area contributed by atoms with Gasteiger partial charge in [-0.1, -0.05) is 0 Å². The first-order chi connectivity index (χ1) is 10.1. The Balaban J connectivity index is 1.98. The van der Waals surface area contributed by atoms with Crippen molar-refractivity contribution in [1.29, 1.82) is 0 Å². The Morgan fingerprint density at radius 3 is 2.86 bits per heavy atom. The Labute approximate surface area is 121 Å². The minimum absolute atomic E-state index is 0.0569. The Kier molecular flexibility index (Phi) is 4.64. The van der Waals surface area contributed by atoms with Crippen LogP contribution in [0.15, 0.2) is 29.6 Å². The van der Waals surface area contributed by atoms with Gasteiger partial charge in [0.25, 0.3) is 5.56 Å². The molecule has 0 aliphatic heterocycles. The fraction of sp³-hybridized carbons (Fsp3) is 0.417. The van der Waals surface area contributed by atoms with Gasteiger partial charge < -0.3 is 10.6 Å². The van der Waals surface area contributed by atoms with Crippen LogP contribution in [0, 0.1) is 0 Å². The summed E-state index contributed by atoms with van der Waals surface area (Å²) < 4.78 is 2.72. The lowest BCUT2D eigenvalue weighted by Crippen LogP contribution is -2.41. The Bertz CT molecular complexity index is 648. The third kappa shape index (κ3) is 4.13. The largest absolute Gasteiger partial charge is 0.336 e. The van der Waals surface area contributed by atoms with Gasteiger partial charge in [0.2, 0.25) is 0 Å². The van der Waals surface area contributed by atoms with Gasteiger partial charge in [0, 0.05) is 18.7 Å². The number of hydrogen-bond acceptors (Lipinski definition) is 5. The first-order valence-electron chi connectivity index (χ1n) is 6.54. The summed E-state index contributed by atoms with van der Waals surface area (Å²) in [4.78, 5) is 27.0. The Morgan fingerprint density at radius 1 is 1.38 bits per heavy atom. The van der Waals surface area contributed by atoms with Gasteiger partial charge in [0.1, 0.15) is 12.7 Å². The SMILES string of the molecule is CC(C)NC(=O)NCCn1nc(-n2cncn2)ccc1=O. The van der Waals surface area contributed by atoms with Gasteiger partial charge in [-0.25, -0.2) is 19.1 Å². The molecular weight excluding hydrogens is 274 g/mol. The minimum atomic E-state index is -0.273. The Morgan fingerprint density at radius 2 is 2.19 bits per heavy atom. The lowest BCUT2D eigenvalue weighted by molar-refractivity contribution is 0.238. The summed E-state index contributed by atoms with van der Waals surface area (Å²) in [6, 6.07) is 2.75. The molecular formula is C12H17N7O2. The van der Waals surface area contributed by atoms with Crippen molar-refractivity contribution in [3.8, 4) is 5.82 Å². The fourth-order valence-electron chi connectivity index (χ4n) is 1.64. The highest BCUT2D eigenvalue weighted by Gasteiger charge is 2.05. The molecule has 0 unspecified atom stereocenters. The molecule has 0 saturated carbocycles. The molecule has 0 spiro atoms. The lowest BCUT2D eigenvalue weighted by Gasteiger charge is -2.11. The third-order valence-corrected chi connectivity index (χ3v) is 2.53. The molecule has 0 aliphatic carbocycles. The number of nitrogens with one attached hydrogen (secondary N) is 2. The number of hydrogen-bond donors (Lipinski definition) is 2. The molecule has 2 amide bonds. The second-order valence-corrected chi connectivity index (χ2v) is 4.65. The summed E-state index contributed by atoms with van der Waals surface area (Å²) in [5.74, 6) is 0.485. The van der Waals surface area contributed by atoms with Gasteiger partial charge >= 0.3 is 6.03 Å². The number of nitrogens with zero attached hydrogens (tertiary/aromatic N) is 5. The van der Waals surface area contributed by atoms with Crippen molar-refractivity contribution in [2.75, 3.05) is 6.54 Å². The van der Waals surface area contributed by atoms with E-state index in [1.807, 2.05) is 13.8 Å². The lowest BCUT2D eigenvalue weighted by atomic mass is 10.4. The van der Waals surface area contributed by atoms with Crippen LogP contribution in [-0.2, 0) is 6.54 Å². The first-order valence-corrected chi connectivity index (χ1v) is 6.54. The average molecular weight is 291 g/mol. The van der Waals surface area contributed by atoms with E-state index in [9.17, 15) is 9.59 Å². The van der Waals surface area contributed by atoms with E-state index in [0.717, 1.165) is 0 Å². The van der Waals surface area contributed by atoms with Crippen LogP contribution in [0.25, 0.3) is 5.82 Å². The molecule has 2 heterocycles. The summed E-state index contributed by atoms with van der Waals surface area (Å²) in [6.07, 6.45) is 2.88. The first kappa shape index (κ1) is 14.7. The normalized spacial score (nSPS) is 10.6. The minimum Gasteiger partial charge on any atom is -0.336 e. The molecule has 0 aliphatic rings. The number of amides is 2. The molecule has 2 aromatic rings. The zero-order valence-electron chi connectivity index (χ0n) is 11.9. The van der Waals surface area contributed by atoms with E-state index >= 15 is 0 Å². The van der Waals surface area contributed by atoms with Crippen molar-refractivity contribution >= 4 is 6.03 Å². The summed E-state index contributed by atoms with van der Waals surface area (Å²) in [5.41, 5.74) is -0.245. The van der Waals surface area contributed by atoms with Crippen molar-refractivity contribution in [3.63, 3.8) is 0 Å². The summed E-state index contributed by atoms with van der Waals surface area (Å²) in [7, 11) is 0. The van der Waals surface area contributed by atoms with Crippen LogP contribution in [0.3, 0.4) is 0 Å². The second kappa shape index (κ2) is 6.64. The molecule has 0 bridgehead atoms. The smallest absolute Gasteiger partial charge is 0.315 e. The predicted molar refractivity (Wildman–Crippen MR) is 75.1 cm³/mol. The van der Waals surface area contributed by atoms with E-state index in [1.165, 1.54) is 28.1 Å². The second-order valence-electron chi connectivity index (χ2n) is 4.65. The van der Waals surface area contributed by atoms with Gasteiger partial charge in [0.05, 0.1) is 6.54 Å². The van der Waals surface area contributed by atoms with Crippen LogP contribution in [0.4, 0.5) is 4.79 Å². The van der Waals surface area contributed by atoms with Crippen LogP contribution in [0.2, 0.25) is 0 Å². The maximum Gasteiger partial charge on any atom is 0.315 e. The summed E-state index contributed by atoms with van der Waals surface area (Å²) in [6.45, 7) is 4.31. The highest BCUT2D eigenvalue weighted by Crippen LogP contribution is 1.96. The highest BCUT2D eigenvalue weighted by molar-refractivity contribution is 5.73. The zero-order valence-corrected chi connectivity index (χ0v) is 11.9.